The standard InChI is InChI=1S/C17H28O2/c1-4-17(19,5-2)16-9-13-6-14(10-16)8-15(7-13,11-16)12(3)18/h13-14,19H,4-11H2,1-3H3. The van der Waals surface area contributed by atoms with Gasteiger partial charge in [0.25, 0.3) is 0 Å². The van der Waals surface area contributed by atoms with Crippen molar-refractivity contribution in [2.75, 3.05) is 0 Å². The van der Waals surface area contributed by atoms with E-state index < -0.39 is 5.60 Å². The van der Waals surface area contributed by atoms with Crippen LogP contribution in [0.3, 0.4) is 0 Å². The minimum absolute atomic E-state index is 0.0340. The van der Waals surface area contributed by atoms with E-state index in [1.165, 1.54) is 6.42 Å². The second-order valence-corrected chi connectivity index (χ2v) is 7.82. The van der Waals surface area contributed by atoms with Gasteiger partial charge in [-0.3, -0.25) is 4.79 Å². The van der Waals surface area contributed by atoms with Gasteiger partial charge >= 0.3 is 0 Å². The van der Waals surface area contributed by atoms with E-state index in [-0.39, 0.29) is 10.8 Å². The average molecular weight is 264 g/mol. The lowest BCUT2D eigenvalue weighted by Gasteiger charge is -2.65. The summed E-state index contributed by atoms with van der Waals surface area (Å²) < 4.78 is 0. The highest BCUT2D eigenvalue weighted by molar-refractivity contribution is 5.83. The monoisotopic (exact) mass is 264 g/mol. The van der Waals surface area contributed by atoms with Gasteiger partial charge in [-0.1, -0.05) is 13.8 Å². The summed E-state index contributed by atoms with van der Waals surface area (Å²) in [5.74, 6) is 1.77. The quantitative estimate of drug-likeness (QED) is 0.840. The van der Waals surface area contributed by atoms with Crippen molar-refractivity contribution in [3.05, 3.63) is 0 Å². The number of carbonyl (C=O) groups is 1. The molecule has 2 unspecified atom stereocenters. The third-order valence-corrected chi connectivity index (χ3v) is 6.96. The maximum atomic E-state index is 12.3. The van der Waals surface area contributed by atoms with Crippen molar-refractivity contribution in [3.8, 4) is 0 Å². The summed E-state index contributed by atoms with van der Waals surface area (Å²) in [6.07, 6.45) is 8.45. The van der Waals surface area contributed by atoms with Gasteiger partial charge in [-0.2, -0.15) is 0 Å². The van der Waals surface area contributed by atoms with Crippen LogP contribution in [0.5, 0.6) is 0 Å². The lowest BCUT2D eigenvalue weighted by molar-refractivity contribution is -0.207. The Kier molecular flexibility index (Phi) is 2.91. The fourth-order valence-corrected chi connectivity index (χ4v) is 6.22. The summed E-state index contributed by atoms with van der Waals surface area (Å²) in [5, 5.41) is 11.2. The van der Waals surface area contributed by atoms with Crippen molar-refractivity contribution in [3.63, 3.8) is 0 Å². The Morgan fingerprint density at radius 2 is 1.68 bits per heavy atom. The topological polar surface area (TPSA) is 37.3 Å². The van der Waals surface area contributed by atoms with E-state index >= 15 is 0 Å². The Bertz CT molecular complexity index is 380. The van der Waals surface area contributed by atoms with E-state index in [1.807, 2.05) is 0 Å². The molecule has 0 radical (unpaired) electrons. The van der Waals surface area contributed by atoms with Crippen molar-refractivity contribution in [1.29, 1.82) is 0 Å². The third-order valence-electron chi connectivity index (χ3n) is 6.96. The van der Waals surface area contributed by atoms with E-state index in [9.17, 15) is 9.90 Å². The van der Waals surface area contributed by atoms with Crippen LogP contribution in [0.1, 0.15) is 72.1 Å². The molecule has 2 atom stereocenters. The summed E-state index contributed by atoms with van der Waals surface area (Å²) in [7, 11) is 0. The second kappa shape index (κ2) is 4.07. The molecule has 19 heavy (non-hydrogen) atoms. The maximum Gasteiger partial charge on any atom is 0.136 e. The highest BCUT2D eigenvalue weighted by atomic mass is 16.3. The normalized spacial score (nSPS) is 44.6. The van der Waals surface area contributed by atoms with Gasteiger partial charge in [0, 0.05) is 10.8 Å². The number of aliphatic hydroxyl groups is 1. The molecule has 4 bridgehead atoms. The first-order valence-corrected chi connectivity index (χ1v) is 8.12. The molecule has 4 fully saturated rings. The highest BCUT2D eigenvalue weighted by Crippen LogP contribution is 2.69. The van der Waals surface area contributed by atoms with Crippen LogP contribution in [0, 0.1) is 22.7 Å². The van der Waals surface area contributed by atoms with Crippen LogP contribution < -0.4 is 0 Å². The van der Waals surface area contributed by atoms with Crippen LogP contribution >= 0.6 is 0 Å². The van der Waals surface area contributed by atoms with Gasteiger partial charge < -0.3 is 5.11 Å². The molecule has 0 amide bonds. The van der Waals surface area contributed by atoms with Gasteiger partial charge in [0.05, 0.1) is 5.60 Å². The third kappa shape index (κ3) is 1.68. The number of carbonyl (C=O) groups excluding carboxylic acids is 1. The fraction of sp³-hybridized carbons (Fsp3) is 0.941. The van der Waals surface area contributed by atoms with Crippen molar-refractivity contribution < 1.29 is 9.90 Å². The predicted molar refractivity (Wildman–Crippen MR) is 75.8 cm³/mol. The lowest BCUT2D eigenvalue weighted by atomic mass is 9.39. The molecule has 108 valence electrons. The summed E-state index contributed by atoms with van der Waals surface area (Å²) in [6, 6.07) is 0. The molecule has 2 heteroatoms. The molecule has 0 aromatic rings. The molecule has 0 spiro atoms. The molecule has 0 saturated heterocycles. The number of hydrogen-bond donors (Lipinski definition) is 1. The molecule has 2 nitrogen and oxygen atoms in total. The lowest BCUT2D eigenvalue weighted by Crippen LogP contribution is -2.62. The molecule has 0 heterocycles. The molecular formula is C17H28O2. The van der Waals surface area contributed by atoms with Gasteiger partial charge in [0.2, 0.25) is 0 Å². The molecule has 1 N–H and O–H groups in total. The fourth-order valence-electron chi connectivity index (χ4n) is 6.22. The number of hydrogen-bond acceptors (Lipinski definition) is 2. The maximum absolute atomic E-state index is 12.3. The molecule has 4 aliphatic carbocycles. The summed E-state index contributed by atoms with van der Waals surface area (Å²) in [5.41, 5.74) is -0.597. The van der Waals surface area contributed by atoms with Gasteiger partial charge in [-0.25, -0.2) is 0 Å². The Hall–Kier alpha value is -0.370. The first kappa shape index (κ1) is 13.6. The minimum Gasteiger partial charge on any atom is -0.389 e. The van der Waals surface area contributed by atoms with Crippen molar-refractivity contribution in [2.45, 2.75) is 77.7 Å². The number of Topliss-reactive ketones (excluding diaryl/α,β-unsaturated/α-hetero) is 1. The smallest absolute Gasteiger partial charge is 0.136 e. The molecule has 0 aliphatic heterocycles. The molecule has 4 saturated carbocycles. The summed E-state index contributed by atoms with van der Waals surface area (Å²) in [6.45, 7) is 6.02. The number of ketones is 1. The van der Waals surface area contributed by atoms with E-state index in [2.05, 4.69) is 13.8 Å². The minimum atomic E-state index is -0.550. The molecule has 0 aromatic heterocycles. The van der Waals surface area contributed by atoms with Crippen molar-refractivity contribution in [1.82, 2.24) is 0 Å². The van der Waals surface area contributed by atoms with E-state index in [0.717, 1.165) is 44.9 Å². The Balaban J connectivity index is 2.02. The number of rotatable bonds is 4. The van der Waals surface area contributed by atoms with Crippen LogP contribution in [-0.2, 0) is 4.79 Å². The van der Waals surface area contributed by atoms with Crippen LogP contribution in [-0.4, -0.2) is 16.5 Å². The Morgan fingerprint density at radius 1 is 1.16 bits per heavy atom. The van der Waals surface area contributed by atoms with E-state index in [1.54, 1.807) is 6.92 Å². The first-order valence-electron chi connectivity index (χ1n) is 8.12. The van der Waals surface area contributed by atoms with Gasteiger partial charge in [-0.05, 0) is 70.1 Å². The largest absolute Gasteiger partial charge is 0.389 e. The summed E-state index contributed by atoms with van der Waals surface area (Å²) >= 11 is 0. The van der Waals surface area contributed by atoms with Crippen LogP contribution in [0.4, 0.5) is 0 Å². The zero-order valence-electron chi connectivity index (χ0n) is 12.7. The second-order valence-electron chi connectivity index (χ2n) is 7.82. The molecule has 4 aliphatic rings. The zero-order chi connectivity index (χ0) is 13.9. The average Bonchev–Trinajstić information content (AvgIpc) is 2.36. The van der Waals surface area contributed by atoms with Gasteiger partial charge in [0.1, 0.15) is 5.78 Å². The summed E-state index contributed by atoms with van der Waals surface area (Å²) in [4.78, 5) is 12.3. The molecule has 0 aromatic carbocycles. The van der Waals surface area contributed by atoms with Crippen molar-refractivity contribution >= 4 is 5.78 Å². The zero-order valence-corrected chi connectivity index (χ0v) is 12.7. The van der Waals surface area contributed by atoms with Crippen LogP contribution in [0.2, 0.25) is 0 Å². The Labute approximate surface area is 117 Å². The van der Waals surface area contributed by atoms with Gasteiger partial charge in [-0.15, -0.1) is 0 Å². The molecule has 4 rings (SSSR count). The predicted octanol–water partition coefficient (Wildman–Crippen LogP) is 3.71. The van der Waals surface area contributed by atoms with Crippen LogP contribution in [0.15, 0.2) is 0 Å². The van der Waals surface area contributed by atoms with E-state index in [4.69, 9.17) is 0 Å². The Morgan fingerprint density at radius 3 is 2.11 bits per heavy atom. The van der Waals surface area contributed by atoms with Crippen molar-refractivity contribution in [2.24, 2.45) is 22.7 Å². The molecular weight excluding hydrogens is 236 g/mol. The first-order chi connectivity index (χ1) is 8.89. The highest BCUT2D eigenvalue weighted by Gasteiger charge is 2.64. The SMILES string of the molecule is CCC(O)(CC)C12CC3CC(CC(C(C)=O)(C3)C1)C2. The van der Waals surface area contributed by atoms with Crippen LogP contribution in [0.25, 0.3) is 0 Å². The van der Waals surface area contributed by atoms with E-state index in [0.29, 0.717) is 17.6 Å². The van der Waals surface area contributed by atoms with Gasteiger partial charge in [0.15, 0.2) is 0 Å².